The van der Waals surface area contributed by atoms with Gasteiger partial charge in [-0.2, -0.15) is 0 Å². The van der Waals surface area contributed by atoms with Crippen molar-refractivity contribution in [1.82, 2.24) is 4.90 Å². The number of carbonyl (C=O) groups excluding carboxylic acids is 1. The van der Waals surface area contributed by atoms with Gasteiger partial charge < -0.3 is 26.0 Å². The number of nitrogens with one attached hydrogen (secondary N) is 2. The molecule has 0 spiro atoms. The van der Waals surface area contributed by atoms with Gasteiger partial charge in [-0.15, -0.1) is 0 Å². The van der Waals surface area contributed by atoms with Crippen LogP contribution in [0.25, 0.3) is 0 Å². The van der Waals surface area contributed by atoms with E-state index >= 15 is 0 Å². The highest BCUT2D eigenvalue weighted by Gasteiger charge is 2.17. The lowest BCUT2D eigenvalue weighted by Crippen LogP contribution is -2.25. The van der Waals surface area contributed by atoms with Crippen LogP contribution in [-0.2, 0) is 4.79 Å². The Balaban J connectivity index is 2.01. The fourth-order valence-electron chi connectivity index (χ4n) is 1.91. The molecule has 0 bridgehead atoms. The first-order valence-corrected chi connectivity index (χ1v) is 6.31. The van der Waals surface area contributed by atoms with E-state index < -0.39 is 0 Å². The molecule has 19 heavy (non-hydrogen) atoms. The van der Waals surface area contributed by atoms with Crippen molar-refractivity contribution in [2.75, 3.05) is 50.2 Å². The van der Waals surface area contributed by atoms with E-state index in [0.29, 0.717) is 17.1 Å². The molecule has 6 nitrogen and oxygen atoms in total. The highest BCUT2D eigenvalue weighted by molar-refractivity contribution is 5.97. The summed E-state index contributed by atoms with van der Waals surface area (Å²) in [4.78, 5) is 13.4. The van der Waals surface area contributed by atoms with Gasteiger partial charge in [-0.3, -0.25) is 4.79 Å². The van der Waals surface area contributed by atoms with Crippen LogP contribution < -0.4 is 21.1 Å². The van der Waals surface area contributed by atoms with Gasteiger partial charge in [0.15, 0.2) is 6.61 Å². The molecule has 0 atom stereocenters. The summed E-state index contributed by atoms with van der Waals surface area (Å²) in [6.07, 6.45) is 1.02. The van der Waals surface area contributed by atoms with E-state index in [1.807, 2.05) is 20.2 Å². The van der Waals surface area contributed by atoms with Crippen molar-refractivity contribution in [3.8, 4) is 5.75 Å². The molecule has 6 heteroatoms. The van der Waals surface area contributed by atoms with E-state index in [1.165, 1.54) is 0 Å². The zero-order valence-electron chi connectivity index (χ0n) is 11.3. The summed E-state index contributed by atoms with van der Waals surface area (Å²) in [5.41, 5.74) is 8.07. The number of hydrogen-bond acceptors (Lipinski definition) is 5. The van der Waals surface area contributed by atoms with Crippen molar-refractivity contribution in [1.29, 1.82) is 0 Å². The number of amides is 1. The maximum absolute atomic E-state index is 11.3. The molecule has 1 amide bonds. The van der Waals surface area contributed by atoms with E-state index in [2.05, 4.69) is 15.5 Å². The lowest BCUT2D eigenvalue weighted by atomic mass is 10.2. The number of fused-ring (bicyclic) bond motifs is 1. The molecule has 104 valence electrons. The minimum Gasteiger partial charge on any atom is -0.482 e. The Kier molecular flexibility index (Phi) is 4.11. The van der Waals surface area contributed by atoms with Gasteiger partial charge in [-0.05, 0) is 33.1 Å². The van der Waals surface area contributed by atoms with Gasteiger partial charge in [0.05, 0.1) is 17.1 Å². The first-order chi connectivity index (χ1) is 9.06. The highest BCUT2D eigenvalue weighted by Crippen LogP contribution is 2.35. The molecule has 4 N–H and O–H groups in total. The van der Waals surface area contributed by atoms with Gasteiger partial charge in [-0.1, -0.05) is 0 Å². The van der Waals surface area contributed by atoms with Crippen LogP contribution in [0.4, 0.5) is 17.1 Å². The molecule has 2 rings (SSSR count). The van der Waals surface area contributed by atoms with Crippen LogP contribution in [0.2, 0.25) is 0 Å². The van der Waals surface area contributed by atoms with Crippen molar-refractivity contribution in [2.24, 2.45) is 0 Å². The molecule has 1 heterocycles. The molecule has 0 fully saturated rings. The first kappa shape index (κ1) is 13.5. The number of benzene rings is 1. The number of nitrogens with zero attached hydrogens (tertiary/aromatic N) is 1. The molecule has 1 aromatic carbocycles. The Morgan fingerprint density at radius 2 is 2.26 bits per heavy atom. The van der Waals surface area contributed by atoms with Crippen LogP contribution in [0.1, 0.15) is 6.42 Å². The summed E-state index contributed by atoms with van der Waals surface area (Å²) in [6, 6.07) is 3.56. The van der Waals surface area contributed by atoms with E-state index in [-0.39, 0.29) is 12.5 Å². The predicted molar refractivity (Wildman–Crippen MR) is 76.6 cm³/mol. The molecule has 0 radical (unpaired) electrons. The largest absolute Gasteiger partial charge is 0.482 e. The Hall–Kier alpha value is -1.95. The van der Waals surface area contributed by atoms with E-state index in [0.717, 1.165) is 25.2 Å². The van der Waals surface area contributed by atoms with Crippen molar-refractivity contribution in [2.45, 2.75) is 6.42 Å². The fraction of sp³-hybridized carbons (Fsp3) is 0.462. The first-order valence-electron chi connectivity index (χ1n) is 6.31. The van der Waals surface area contributed by atoms with Crippen molar-refractivity contribution in [3.63, 3.8) is 0 Å². The average molecular weight is 264 g/mol. The number of anilines is 3. The zero-order chi connectivity index (χ0) is 13.8. The standard InChI is InChI=1S/C13H20N4O2/c1-17(2)5-3-4-15-10-7-11-12(6-9(10)14)19-8-13(18)16-11/h6-7,15H,3-5,8,14H2,1-2H3,(H,16,18). The molecule has 0 aromatic heterocycles. The second-order valence-corrected chi connectivity index (χ2v) is 4.86. The number of carbonyl (C=O) groups is 1. The molecule has 1 aliphatic rings. The maximum Gasteiger partial charge on any atom is 0.262 e. The lowest BCUT2D eigenvalue weighted by Gasteiger charge is -2.20. The van der Waals surface area contributed by atoms with Gasteiger partial charge in [-0.25, -0.2) is 0 Å². The summed E-state index contributed by atoms with van der Waals surface area (Å²) in [6.45, 7) is 1.88. The summed E-state index contributed by atoms with van der Waals surface area (Å²) in [5, 5.41) is 6.04. The third-order valence-electron chi connectivity index (χ3n) is 2.88. The average Bonchev–Trinajstić information content (AvgIpc) is 2.35. The van der Waals surface area contributed by atoms with Gasteiger partial charge in [0.2, 0.25) is 0 Å². The number of nitrogens with two attached hydrogens (primary N) is 1. The Morgan fingerprint density at radius 3 is 3.00 bits per heavy atom. The van der Waals surface area contributed by atoms with Gasteiger partial charge in [0, 0.05) is 12.6 Å². The van der Waals surface area contributed by atoms with Gasteiger partial charge in [0.25, 0.3) is 5.91 Å². The summed E-state index contributed by atoms with van der Waals surface area (Å²) < 4.78 is 5.30. The SMILES string of the molecule is CN(C)CCCNc1cc2c(cc1N)OCC(=O)N2. The minimum absolute atomic E-state index is 0.0437. The minimum atomic E-state index is -0.143. The van der Waals surface area contributed by atoms with Gasteiger partial charge in [0.1, 0.15) is 5.75 Å². The van der Waals surface area contributed by atoms with Crippen LogP contribution >= 0.6 is 0 Å². The second kappa shape index (κ2) is 5.79. The smallest absolute Gasteiger partial charge is 0.262 e. The zero-order valence-corrected chi connectivity index (χ0v) is 11.3. The highest BCUT2D eigenvalue weighted by atomic mass is 16.5. The summed E-state index contributed by atoms with van der Waals surface area (Å²) in [7, 11) is 4.08. The molecule has 0 unspecified atom stereocenters. The lowest BCUT2D eigenvalue weighted by molar-refractivity contribution is -0.118. The summed E-state index contributed by atoms with van der Waals surface area (Å²) >= 11 is 0. The van der Waals surface area contributed by atoms with Crippen LogP contribution in [0.3, 0.4) is 0 Å². The van der Waals surface area contributed by atoms with Crippen LogP contribution in [-0.4, -0.2) is 44.6 Å². The third-order valence-corrected chi connectivity index (χ3v) is 2.88. The quantitative estimate of drug-likeness (QED) is 0.545. The summed E-state index contributed by atoms with van der Waals surface area (Å²) in [5.74, 6) is 0.478. The fourth-order valence-corrected chi connectivity index (χ4v) is 1.91. The maximum atomic E-state index is 11.3. The van der Waals surface area contributed by atoms with E-state index in [1.54, 1.807) is 6.07 Å². The monoisotopic (exact) mass is 264 g/mol. The predicted octanol–water partition coefficient (Wildman–Crippen LogP) is 0.963. The van der Waals surface area contributed by atoms with E-state index in [4.69, 9.17) is 10.5 Å². The number of nitrogen functional groups attached to an aromatic ring is 1. The molecule has 0 saturated carbocycles. The normalized spacial score (nSPS) is 13.7. The van der Waals surface area contributed by atoms with E-state index in [9.17, 15) is 4.79 Å². The van der Waals surface area contributed by atoms with Gasteiger partial charge >= 0.3 is 0 Å². The Labute approximate surface area is 112 Å². The third kappa shape index (κ3) is 3.51. The topological polar surface area (TPSA) is 79.6 Å². The van der Waals surface area contributed by atoms with Crippen LogP contribution in [0.15, 0.2) is 12.1 Å². The second-order valence-electron chi connectivity index (χ2n) is 4.86. The molecule has 1 aromatic rings. The molecular formula is C13H20N4O2. The Morgan fingerprint density at radius 1 is 1.47 bits per heavy atom. The van der Waals surface area contributed by atoms with Crippen molar-refractivity contribution < 1.29 is 9.53 Å². The van der Waals surface area contributed by atoms with Crippen LogP contribution in [0.5, 0.6) is 5.75 Å². The molecule has 1 aliphatic heterocycles. The molecule has 0 saturated heterocycles. The Bertz CT molecular complexity index is 474. The van der Waals surface area contributed by atoms with Crippen LogP contribution in [0, 0.1) is 0 Å². The molecule has 0 aliphatic carbocycles. The van der Waals surface area contributed by atoms with Crippen molar-refractivity contribution in [3.05, 3.63) is 12.1 Å². The van der Waals surface area contributed by atoms with Crippen molar-refractivity contribution >= 4 is 23.0 Å². The number of hydrogen-bond donors (Lipinski definition) is 3. The number of rotatable bonds is 5. The molecular weight excluding hydrogens is 244 g/mol. The number of ether oxygens (including phenoxy) is 1.